The summed E-state index contributed by atoms with van der Waals surface area (Å²) in [6.07, 6.45) is 1.83. The molecule has 1 aromatic rings. The topological polar surface area (TPSA) is 46.6 Å². The Morgan fingerprint density at radius 3 is 2.68 bits per heavy atom. The van der Waals surface area contributed by atoms with Gasteiger partial charge in [-0.3, -0.25) is 4.79 Å². The van der Waals surface area contributed by atoms with Gasteiger partial charge in [-0.25, -0.2) is 9.69 Å². The van der Waals surface area contributed by atoms with Crippen LogP contribution in [0.15, 0.2) is 30.3 Å². The van der Waals surface area contributed by atoms with E-state index in [1.54, 1.807) is 24.3 Å². The van der Waals surface area contributed by atoms with Gasteiger partial charge in [0.2, 0.25) is 5.91 Å². The number of ether oxygens (including phenoxy) is 1. The van der Waals surface area contributed by atoms with Crippen LogP contribution in [0, 0.1) is 5.41 Å². The van der Waals surface area contributed by atoms with Crippen molar-refractivity contribution < 1.29 is 14.3 Å². The molecule has 1 fully saturated rings. The van der Waals surface area contributed by atoms with Crippen LogP contribution in [-0.4, -0.2) is 23.4 Å². The maximum atomic E-state index is 12.3. The summed E-state index contributed by atoms with van der Waals surface area (Å²) in [7, 11) is 0. The van der Waals surface area contributed by atoms with Gasteiger partial charge in [-0.05, 0) is 31.4 Å². The molecule has 102 valence electrons. The lowest BCUT2D eigenvalue weighted by atomic mass is 9.79. The molecule has 0 aliphatic carbocycles. The summed E-state index contributed by atoms with van der Waals surface area (Å²) >= 11 is 0. The number of benzene rings is 1. The first-order valence-corrected chi connectivity index (χ1v) is 6.65. The van der Waals surface area contributed by atoms with Crippen LogP contribution in [0.1, 0.15) is 33.1 Å². The molecule has 1 heterocycles. The summed E-state index contributed by atoms with van der Waals surface area (Å²) in [5.74, 6) is 0.339. The number of carbonyl (C=O) groups is 2. The van der Waals surface area contributed by atoms with Crippen LogP contribution in [-0.2, 0) is 4.79 Å². The number of hydrogen-bond donors (Lipinski definition) is 0. The standard InChI is InChI=1S/C15H19NO3/c1-3-15(2)10-7-11-16(13(15)17)14(18)19-12-8-5-4-6-9-12/h4-6,8-9H,3,7,10-11H2,1-2H3/t15-/m1/s1. The van der Waals surface area contributed by atoms with E-state index < -0.39 is 11.5 Å². The van der Waals surface area contributed by atoms with Crippen molar-refractivity contribution in [2.45, 2.75) is 33.1 Å². The molecule has 1 atom stereocenters. The monoisotopic (exact) mass is 261 g/mol. The lowest BCUT2D eigenvalue weighted by Gasteiger charge is -2.36. The zero-order valence-electron chi connectivity index (χ0n) is 11.4. The molecule has 0 unspecified atom stereocenters. The summed E-state index contributed by atoms with van der Waals surface area (Å²) in [5, 5.41) is 0. The smallest absolute Gasteiger partial charge is 0.410 e. The maximum Gasteiger partial charge on any atom is 0.421 e. The number of carbonyl (C=O) groups excluding carboxylic acids is 2. The lowest BCUT2D eigenvalue weighted by Crippen LogP contribution is -2.50. The quantitative estimate of drug-likeness (QED) is 0.821. The summed E-state index contributed by atoms with van der Waals surface area (Å²) in [5.41, 5.74) is -0.437. The van der Waals surface area contributed by atoms with Crippen molar-refractivity contribution in [2.24, 2.45) is 5.41 Å². The molecule has 1 aromatic carbocycles. The molecule has 0 bridgehead atoms. The molecular formula is C15H19NO3. The van der Waals surface area contributed by atoms with Crippen LogP contribution in [0.25, 0.3) is 0 Å². The fourth-order valence-corrected chi connectivity index (χ4v) is 2.31. The van der Waals surface area contributed by atoms with Crippen LogP contribution in [0.2, 0.25) is 0 Å². The van der Waals surface area contributed by atoms with Gasteiger partial charge in [-0.15, -0.1) is 0 Å². The predicted octanol–water partition coefficient (Wildman–Crippen LogP) is 3.22. The lowest BCUT2D eigenvalue weighted by molar-refractivity contribution is -0.142. The van der Waals surface area contributed by atoms with Crippen molar-refractivity contribution in [3.05, 3.63) is 30.3 Å². The van der Waals surface area contributed by atoms with Gasteiger partial charge in [-0.1, -0.05) is 32.0 Å². The van der Waals surface area contributed by atoms with E-state index in [9.17, 15) is 9.59 Å². The van der Waals surface area contributed by atoms with Gasteiger partial charge in [0.25, 0.3) is 0 Å². The van der Waals surface area contributed by atoms with Crippen LogP contribution in [0.3, 0.4) is 0 Å². The second-order valence-corrected chi connectivity index (χ2v) is 5.16. The van der Waals surface area contributed by atoms with Crippen molar-refractivity contribution in [3.63, 3.8) is 0 Å². The molecule has 2 amide bonds. The third kappa shape index (κ3) is 2.78. The molecular weight excluding hydrogens is 242 g/mol. The molecule has 2 rings (SSSR count). The third-order valence-electron chi connectivity index (χ3n) is 3.82. The van der Waals surface area contributed by atoms with E-state index in [2.05, 4.69) is 0 Å². The fourth-order valence-electron chi connectivity index (χ4n) is 2.31. The number of rotatable bonds is 2. The van der Waals surface area contributed by atoms with Crippen molar-refractivity contribution in [1.29, 1.82) is 0 Å². The molecule has 4 heteroatoms. The average molecular weight is 261 g/mol. The number of nitrogens with zero attached hydrogens (tertiary/aromatic N) is 1. The van der Waals surface area contributed by atoms with Gasteiger partial charge in [0.05, 0.1) is 0 Å². The van der Waals surface area contributed by atoms with E-state index in [0.29, 0.717) is 12.3 Å². The molecule has 0 aromatic heterocycles. The van der Waals surface area contributed by atoms with Crippen molar-refractivity contribution in [2.75, 3.05) is 6.54 Å². The largest absolute Gasteiger partial charge is 0.421 e. The average Bonchev–Trinajstić information content (AvgIpc) is 2.43. The zero-order valence-corrected chi connectivity index (χ0v) is 11.4. The number of para-hydroxylation sites is 1. The highest BCUT2D eigenvalue weighted by molar-refractivity contribution is 5.96. The molecule has 4 nitrogen and oxygen atoms in total. The van der Waals surface area contributed by atoms with Crippen LogP contribution >= 0.6 is 0 Å². The Hall–Kier alpha value is -1.84. The normalized spacial score (nSPS) is 23.3. The Morgan fingerprint density at radius 2 is 2.05 bits per heavy atom. The maximum absolute atomic E-state index is 12.3. The van der Waals surface area contributed by atoms with Crippen molar-refractivity contribution in [1.82, 2.24) is 4.90 Å². The van der Waals surface area contributed by atoms with E-state index in [4.69, 9.17) is 4.74 Å². The predicted molar refractivity (Wildman–Crippen MR) is 71.8 cm³/mol. The Kier molecular flexibility index (Phi) is 3.88. The van der Waals surface area contributed by atoms with Gasteiger partial charge in [0, 0.05) is 12.0 Å². The third-order valence-corrected chi connectivity index (χ3v) is 3.82. The Labute approximate surface area is 113 Å². The minimum atomic E-state index is -0.574. The molecule has 1 aliphatic heterocycles. The van der Waals surface area contributed by atoms with Gasteiger partial charge < -0.3 is 4.74 Å². The Morgan fingerprint density at radius 1 is 1.37 bits per heavy atom. The van der Waals surface area contributed by atoms with E-state index >= 15 is 0 Å². The SMILES string of the molecule is CC[C@]1(C)CCCN(C(=O)Oc2ccccc2)C1=O. The molecule has 1 saturated heterocycles. The fraction of sp³-hybridized carbons (Fsp3) is 0.467. The first-order chi connectivity index (χ1) is 9.07. The first kappa shape index (κ1) is 13.6. The summed E-state index contributed by atoms with van der Waals surface area (Å²) in [6.45, 7) is 4.33. The van der Waals surface area contributed by atoms with Crippen LogP contribution < -0.4 is 4.74 Å². The van der Waals surface area contributed by atoms with Gasteiger partial charge in [0.1, 0.15) is 5.75 Å². The number of amides is 2. The van der Waals surface area contributed by atoms with Crippen LogP contribution in [0.4, 0.5) is 4.79 Å². The second kappa shape index (κ2) is 5.43. The molecule has 1 aliphatic rings. The summed E-state index contributed by atoms with van der Waals surface area (Å²) in [6, 6.07) is 8.82. The van der Waals surface area contributed by atoms with Gasteiger partial charge in [-0.2, -0.15) is 0 Å². The number of hydrogen-bond acceptors (Lipinski definition) is 3. The number of likely N-dealkylation sites (tertiary alicyclic amines) is 1. The molecule has 0 saturated carbocycles. The van der Waals surface area contributed by atoms with E-state index in [-0.39, 0.29) is 5.91 Å². The summed E-state index contributed by atoms with van der Waals surface area (Å²) in [4.78, 5) is 25.6. The van der Waals surface area contributed by atoms with Crippen molar-refractivity contribution >= 4 is 12.0 Å². The summed E-state index contributed by atoms with van der Waals surface area (Å²) < 4.78 is 5.23. The Balaban J connectivity index is 2.09. The number of imide groups is 1. The first-order valence-electron chi connectivity index (χ1n) is 6.65. The highest BCUT2D eigenvalue weighted by Crippen LogP contribution is 2.34. The van der Waals surface area contributed by atoms with E-state index in [0.717, 1.165) is 19.3 Å². The molecule has 0 N–H and O–H groups in total. The Bertz CT molecular complexity index is 472. The number of piperidine rings is 1. The van der Waals surface area contributed by atoms with Crippen molar-refractivity contribution in [3.8, 4) is 5.75 Å². The highest BCUT2D eigenvalue weighted by Gasteiger charge is 2.41. The highest BCUT2D eigenvalue weighted by atomic mass is 16.6. The van der Waals surface area contributed by atoms with E-state index in [1.807, 2.05) is 19.9 Å². The van der Waals surface area contributed by atoms with E-state index in [1.165, 1.54) is 4.90 Å². The molecule has 19 heavy (non-hydrogen) atoms. The second-order valence-electron chi connectivity index (χ2n) is 5.16. The zero-order chi connectivity index (χ0) is 13.9. The molecule has 0 spiro atoms. The van der Waals surface area contributed by atoms with Gasteiger partial charge >= 0.3 is 6.09 Å². The van der Waals surface area contributed by atoms with Gasteiger partial charge in [0.15, 0.2) is 0 Å². The minimum Gasteiger partial charge on any atom is -0.410 e. The molecule has 0 radical (unpaired) electrons. The van der Waals surface area contributed by atoms with Crippen LogP contribution in [0.5, 0.6) is 5.75 Å². The minimum absolute atomic E-state index is 0.123.